The summed E-state index contributed by atoms with van der Waals surface area (Å²) in [5.41, 5.74) is 4.20. The fourth-order valence-electron chi connectivity index (χ4n) is 4.36. The standard InChI is InChI=1S/C31H32N2O3/c1-35-29-19-18-24(22-30(29)36-2)23-33(31(34)32-27-16-10-5-11-17-27)21-20-28(25-12-6-3-7-13-25)26-14-8-4-9-15-26/h3-19,22,28H,20-21,23H2,1-2H3,(H,32,34). The Morgan fingerprint density at radius 1 is 0.750 bits per heavy atom. The molecule has 0 spiro atoms. The van der Waals surface area contributed by atoms with Crippen LogP contribution in [0.4, 0.5) is 10.5 Å². The van der Waals surface area contributed by atoms with Gasteiger partial charge in [-0.15, -0.1) is 0 Å². The van der Waals surface area contributed by atoms with Crippen molar-refractivity contribution in [3.05, 3.63) is 126 Å². The van der Waals surface area contributed by atoms with E-state index in [1.54, 1.807) is 14.2 Å². The lowest BCUT2D eigenvalue weighted by atomic mass is 9.88. The van der Waals surface area contributed by atoms with E-state index in [0.717, 1.165) is 17.7 Å². The van der Waals surface area contributed by atoms with Gasteiger partial charge < -0.3 is 19.7 Å². The Bertz CT molecular complexity index is 1190. The van der Waals surface area contributed by atoms with E-state index in [0.29, 0.717) is 24.6 Å². The van der Waals surface area contributed by atoms with Crippen molar-refractivity contribution < 1.29 is 14.3 Å². The van der Waals surface area contributed by atoms with Gasteiger partial charge in [-0.1, -0.05) is 84.9 Å². The number of hydrogen-bond donors (Lipinski definition) is 1. The van der Waals surface area contributed by atoms with Gasteiger partial charge >= 0.3 is 6.03 Å². The highest BCUT2D eigenvalue weighted by atomic mass is 16.5. The van der Waals surface area contributed by atoms with Crippen LogP contribution in [0.3, 0.4) is 0 Å². The van der Waals surface area contributed by atoms with E-state index in [4.69, 9.17) is 9.47 Å². The van der Waals surface area contributed by atoms with E-state index in [1.807, 2.05) is 65.6 Å². The van der Waals surface area contributed by atoms with E-state index < -0.39 is 0 Å². The molecule has 0 radical (unpaired) electrons. The fourth-order valence-corrected chi connectivity index (χ4v) is 4.36. The molecule has 184 valence electrons. The van der Waals surface area contributed by atoms with Gasteiger partial charge in [-0.2, -0.15) is 0 Å². The number of amides is 2. The summed E-state index contributed by atoms with van der Waals surface area (Å²) in [6, 6.07) is 36.1. The first-order valence-corrected chi connectivity index (χ1v) is 12.1. The van der Waals surface area contributed by atoms with Gasteiger partial charge in [-0.05, 0) is 47.4 Å². The van der Waals surface area contributed by atoms with Crippen molar-refractivity contribution in [2.45, 2.75) is 18.9 Å². The van der Waals surface area contributed by atoms with Crippen LogP contribution in [0.25, 0.3) is 0 Å². The Labute approximate surface area is 213 Å². The van der Waals surface area contributed by atoms with Gasteiger partial charge in [0.15, 0.2) is 11.5 Å². The molecule has 0 heterocycles. The molecule has 4 aromatic carbocycles. The highest BCUT2D eigenvalue weighted by Gasteiger charge is 2.20. The molecule has 0 unspecified atom stereocenters. The van der Waals surface area contributed by atoms with Crippen LogP contribution in [-0.2, 0) is 6.54 Å². The van der Waals surface area contributed by atoms with Crippen LogP contribution < -0.4 is 14.8 Å². The molecular weight excluding hydrogens is 448 g/mol. The average Bonchev–Trinajstić information content (AvgIpc) is 2.94. The highest BCUT2D eigenvalue weighted by molar-refractivity contribution is 5.89. The van der Waals surface area contributed by atoms with Gasteiger partial charge in [0, 0.05) is 24.7 Å². The molecule has 0 fully saturated rings. The van der Waals surface area contributed by atoms with Crippen molar-refractivity contribution in [2.75, 3.05) is 26.1 Å². The summed E-state index contributed by atoms with van der Waals surface area (Å²) >= 11 is 0. The molecular formula is C31H32N2O3. The lowest BCUT2D eigenvalue weighted by Gasteiger charge is -2.27. The first kappa shape index (κ1) is 24.9. The Morgan fingerprint density at radius 2 is 1.31 bits per heavy atom. The predicted octanol–water partition coefficient (Wildman–Crippen LogP) is 6.96. The molecule has 0 saturated carbocycles. The number of methoxy groups -OCH3 is 2. The Hall–Kier alpha value is -4.25. The van der Waals surface area contributed by atoms with Crippen LogP contribution >= 0.6 is 0 Å². The molecule has 5 heteroatoms. The van der Waals surface area contributed by atoms with Crippen molar-refractivity contribution >= 4 is 11.7 Å². The Kier molecular flexibility index (Phi) is 8.60. The number of carbonyl (C=O) groups is 1. The second-order valence-corrected chi connectivity index (χ2v) is 8.57. The minimum atomic E-state index is -0.143. The topological polar surface area (TPSA) is 50.8 Å². The van der Waals surface area contributed by atoms with Crippen molar-refractivity contribution in [3.8, 4) is 11.5 Å². The molecule has 1 N–H and O–H groups in total. The monoisotopic (exact) mass is 480 g/mol. The first-order valence-electron chi connectivity index (χ1n) is 12.1. The number of para-hydroxylation sites is 1. The summed E-state index contributed by atoms with van der Waals surface area (Å²) in [5, 5.41) is 3.05. The number of nitrogens with one attached hydrogen (secondary N) is 1. The largest absolute Gasteiger partial charge is 0.493 e. The zero-order valence-electron chi connectivity index (χ0n) is 20.8. The summed E-state index contributed by atoms with van der Waals surface area (Å²) in [6.45, 7) is 1.01. The minimum absolute atomic E-state index is 0.143. The molecule has 0 aliphatic heterocycles. The zero-order chi connectivity index (χ0) is 25.2. The quantitative estimate of drug-likeness (QED) is 0.267. The van der Waals surface area contributed by atoms with Crippen molar-refractivity contribution in [1.29, 1.82) is 0 Å². The van der Waals surface area contributed by atoms with Gasteiger partial charge in [0.25, 0.3) is 0 Å². The van der Waals surface area contributed by atoms with Gasteiger partial charge in [0.05, 0.1) is 14.2 Å². The van der Waals surface area contributed by atoms with Crippen LogP contribution in [0.15, 0.2) is 109 Å². The van der Waals surface area contributed by atoms with Crippen LogP contribution in [0, 0.1) is 0 Å². The third-order valence-electron chi connectivity index (χ3n) is 6.23. The van der Waals surface area contributed by atoms with Gasteiger partial charge in [0.2, 0.25) is 0 Å². The minimum Gasteiger partial charge on any atom is -0.493 e. The smallest absolute Gasteiger partial charge is 0.322 e. The molecule has 2 amide bonds. The van der Waals surface area contributed by atoms with Crippen molar-refractivity contribution in [1.82, 2.24) is 4.90 Å². The third-order valence-corrected chi connectivity index (χ3v) is 6.23. The second-order valence-electron chi connectivity index (χ2n) is 8.57. The number of benzene rings is 4. The lowest BCUT2D eigenvalue weighted by molar-refractivity contribution is 0.207. The number of ether oxygens (including phenoxy) is 2. The Balaban J connectivity index is 1.59. The summed E-state index contributed by atoms with van der Waals surface area (Å²) in [6.07, 6.45) is 0.781. The lowest BCUT2D eigenvalue weighted by Crippen LogP contribution is -2.36. The maximum atomic E-state index is 13.4. The van der Waals surface area contributed by atoms with Crippen molar-refractivity contribution in [2.24, 2.45) is 0 Å². The van der Waals surface area contributed by atoms with Crippen LogP contribution in [0.5, 0.6) is 11.5 Å². The summed E-state index contributed by atoms with van der Waals surface area (Å²) in [5.74, 6) is 1.48. The van der Waals surface area contributed by atoms with E-state index in [1.165, 1.54) is 11.1 Å². The number of urea groups is 1. The van der Waals surface area contributed by atoms with Crippen LogP contribution in [-0.4, -0.2) is 31.7 Å². The predicted molar refractivity (Wildman–Crippen MR) is 145 cm³/mol. The molecule has 5 nitrogen and oxygen atoms in total. The van der Waals surface area contributed by atoms with Gasteiger partial charge in [-0.25, -0.2) is 4.79 Å². The number of carbonyl (C=O) groups excluding carboxylic acids is 1. The maximum Gasteiger partial charge on any atom is 0.322 e. The maximum absolute atomic E-state index is 13.4. The number of rotatable bonds is 10. The normalized spacial score (nSPS) is 10.6. The molecule has 0 aliphatic carbocycles. The average molecular weight is 481 g/mol. The summed E-state index contributed by atoms with van der Waals surface area (Å²) < 4.78 is 10.9. The van der Waals surface area contributed by atoms with E-state index in [-0.39, 0.29) is 11.9 Å². The molecule has 0 bridgehead atoms. The van der Waals surface area contributed by atoms with Gasteiger partial charge in [-0.3, -0.25) is 0 Å². The number of nitrogens with zero attached hydrogens (tertiary/aromatic N) is 1. The third kappa shape index (κ3) is 6.45. The molecule has 4 aromatic rings. The number of anilines is 1. The molecule has 36 heavy (non-hydrogen) atoms. The Morgan fingerprint density at radius 3 is 1.86 bits per heavy atom. The molecule has 0 aromatic heterocycles. The van der Waals surface area contributed by atoms with Gasteiger partial charge in [0.1, 0.15) is 0 Å². The molecule has 0 saturated heterocycles. The second kappa shape index (κ2) is 12.5. The number of hydrogen-bond acceptors (Lipinski definition) is 3. The first-order chi connectivity index (χ1) is 17.7. The molecule has 0 aliphatic rings. The van der Waals surface area contributed by atoms with Crippen LogP contribution in [0.2, 0.25) is 0 Å². The fraction of sp³-hybridized carbons (Fsp3) is 0.194. The highest BCUT2D eigenvalue weighted by Crippen LogP contribution is 2.30. The molecule has 4 rings (SSSR count). The summed E-state index contributed by atoms with van der Waals surface area (Å²) in [7, 11) is 3.23. The molecule has 0 atom stereocenters. The SMILES string of the molecule is COc1ccc(CN(CCC(c2ccccc2)c2ccccc2)C(=O)Nc2ccccc2)cc1OC. The van der Waals surface area contributed by atoms with E-state index >= 15 is 0 Å². The van der Waals surface area contributed by atoms with Crippen LogP contribution in [0.1, 0.15) is 29.0 Å². The summed E-state index contributed by atoms with van der Waals surface area (Å²) in [4.78, 5) is 15.3. The zero-order valence-corrected chi connectivity index (χ0v) is 20.8. The van der Waals surface area contributed by atoms with Crippen molar-refractivity contribution in [3.63, 3.8) is 0 Å². The van der Waals surface area contributed by atoms with E-state index in [2.05, 4.69) is 53.8 Å². The van der Waals surface area contributed by atoms with E-state index in [9.17, 15) is 4.79 Å².